The molecule has 320 valence electrons. The molecule has 1 unspecified atom stereocenters. The predicted molar refractivity (Wildman–Crippen MR) is 236 cm³/mol. The van der Waals surface area contributed by atoms with Crippen LogP contribution in [0.25, 0.3) is 55.6 Å². The van der Waals surface area contributed by atoms with Gasteiger partial charge in [0.2, 0.25) is 11.9 Å². The van der Waals surface area contributed by atoms with Crippen LogP contribution in [0.15, 0.2) is 70.2 Å². The molecule has 9 heterocycles. The number of amides is 1. The van der Waals surface area contributed by atoms with Crippen molar-refractivity contribution in [3.8, 4) is 22.5 Å². The number of anilines is 1. The highest BCUT2D eigenvalue weighted by Crippen LogP contribution is 2.40. The van der Waals surface area contributed by atoms with Crippen LogP contribution in [0.1, 0.15) is 45.3 Å². The zero-order valence-electron chi connectivity index (χ0n) is 35.4. The van der Waals surface area contributed by atoms with E-state index in [1.807, 2.05) is 59.7 Å². The fourth-order valence-electron chi connectivity index (χ4n) is 8.80. The van der Waals surface area contributed by atoms with Crippen molar-refractivity contribution in [2.75, 3.05) is 39.1 Å². The number of imidazole rings is 1. The maximum atomic E-state index is 13.7. The molecule has 0 bridgehead atoms. The van der Waals surface area contributed by atoms with Gasteiger partial charge in [-0.1, -0.05) is 30.7 Å². The van der Waals surface area contributed by atoms with E-state index in [1.54, 1.807) is 46.9 Å². The smallest absolute Gasteiger partial charge is 0.329 e. The number of hydrogen-bond donors (Lipinski definition) is 1. The van der Waals surface area contributed by atoms with Gasteiger partial charge in [0, 0.05) is 79.1 Å². The number of fused-ring (bicyclic) bond motifs is 4. The Morgan fingerprint density at radius 3 is 2.58 bits per heavy atom. The minimum atomic E-state index is -0.385. The van der Waals surface area contributed by atoms with Crippen LogP contribution in [0, 0.1) is 12.3 Å². The number of pyridine rings is 3. The van der Waals surface area contributed by atoms with Gasteiger partial charge in [-0.15, -0.1) is 5.10 Å². The Bertz CT molecular complexity index is 2990. The molecule has 18 nitrogen and oxygen atoms in total. The molecule has 0 aromatic carbocycles. The van der Waals surface area contributed by atoms with Gasteiger partial charge in [0.05, 0.1) is 66.3 Å². The number of hydrogen-bond acceptors (Lipinski definition) is 13. The number of halogens is 1. The van der Waals surface area contributed by atoms with E-state index < -0.39 is 0 Å². The Morgan fingerprint density at radius 2 is 1.82 bits per heavy atom. The van der Waals surface area contributed by atoms with Crippen LogP contribution < -0.4 is 11.4 Å². The Labute approximate surface area is 361 Å². The number of methoxy groups -OCH3 is 1. The van der Waals surface area contributed by atoms with Crippen molar-refractivity contribution in [1.82, 2.24) is 58.5 Å². The fraction of sp³-hybridized carbons (Fsp3) is 0.395. The number of carbonyl (C=O) groups is 1. The molecule has 1 amide bonds. The maximum absolute atomic E-state index is 13.7. The third kappa shape index (κ3) is 7.25. The number of rotatable bonds is 11. The monoisotopic (exact) mass is 858 g/mol. The summed E-state index contributed by atoms with van der Waals surface area (Å²) in [6.45, 7) is 10.1. The highest BCUT2D eigenvalue weighted by atomic mass is 35.5. The average molecular weight is 859 g/mol. The number of likely N-dealkylation sites (tertiary alicyclic amines) is 1. The van der Waals surface area contributed by atoms with Crippen molar-refractivity contribution in [3.63, 3.8) is 0 Å². The lowest BCUT2D eigenvalue weighted by Crippen LogP contribution is -2.42. The molecule has 0 radical (unpaired) electrons. The summed E-state index contributed by atoms with van der Waals surface area (Å²) in [4.78, 5) is 56.5. The number of ether oxygens (including phenoxy) is 2. The van der Waals surface area contributed by atoms with Gasteiger partial charge in [-0.3, -0.25) is 28.9 Å². The molecule has 1 saturated heterocycles. The first-order valence-electron chi connectivity index (χ1n) is 20.5. The first kappa shape index (κ1) is 40.9. The Morgan fingerprint density at radius 1 is 1.02 bits per heavy atom. The second-order valence-corrected chi connectivity index (χ2v) is 16.8. The van der Waals surface area contributed by atoms with Gasteiger partial charge in [-0.25, -0.2) is 19.4 Å². The Hall–Kier alpha value is -6.53. The highest BCUT2D eigenvalue weighted by molar-refractivity contribution is 6.35. The molecule has 7 aromatic rings. The summed E-state index contributed by atoms with van der Waals surface area (Å²) in [5.41, 5.74) is 13.7. The number of nitrogens with two attached hydrogens (primary N) is 1. The minimum absolute atomic E-state index is 0.0586. The molecule has 0 aliphatic carbocycles. The van der Waals surface area contributed by atoms with E-state index in [1.165, 1.54) is 0 Å². The third-order valence-corrected chi connectivity index (χ3v) is 12.4. The highest BCUT2D eigenvalue weighted by Gasteiger charge is 2.38. The van der Waals surface area contributed by atoms with Crippen LogP contribution in [-0.4, -0.2) is 110 Å². The number of piperidine rings is 1. The van der Waals surface area contributed by atoms with Gasteiger partial charge in [-0.2, -0.15) is 4.98 Å². The Balaban J connectivity index is 0.840. The normalized spacial score (nSPS) is 17.0. The quantitative estimate of drug-likeness (QED) is 0.132. The Kier molecular flexibility index (Phi) is 10.6. The summed E-state index contributed by atoms with van der Waals surface area (Å²) in [7, 11) is 3.43. The van der Waals surface area contributed by atoms with E-state index >= 15 is 0 Å². The van der Waals surface area contributed by atoms with E-state index in [9.17, 15) is 9.59 Å². The largest absolute Gasteiger partial charge is 0.500 e. The molecular weight excluding hydrogens is 812 g/mol. The van der Waals surface area contributed by atoms with Crippen LogP contribution >= 0.6 is 11.6 Å². The summed E-state index contributed by atoms with van der Waals surface area (Å²) in [6, 6.07) is 7.50. The van der Waals surface area contributed by atoms with Gasteiger partial charge in [0.15, 0.2) is 0 Å². The van der Waals surface area contributed by atoms with Gasteiger partial charge in [0.25, 0.3) is 0 Å². The number of nitrogen functional groups attached to an aromatic ring is 1. The van der Waals surface area contributed by atoms with Gasteiger partial charge in [0.1, 0.15) is 34.4 Å². The number of carbonyl (C=O) groups excluding carboxylic acids is 1. The molecule has 7 aromatic heterocycles. The van der Waals surface area contributed by atoms with Gasteiger partial charge < -0.3 is 24.7 Å². The van der Waals surface area contributed by atoms with Crippen molar-refractivity contribution in [3.05, 3.63) is 81.7 Å². The summed E-state index contributed by atoms with van der Waals surface area (Å²) in [5.74, 6) is 0.823. The van der Waals surface area contributed by atoms with E-state index in [0.717, 1.165) is 33.8 Å². The zero-order valence-corrected chi connectivity index (χ0v) is 36.2. The van der Waals surface area contributed by atoms with Crippen molar-refractivity contribution in [2.24, 2.45) is 17.5 Å². The fourth-order valence-corrected chi connectivity index (χ4v) is 9.08. The number of allylic oxidation sites excluding steroid dienone is 1. The summed E-state index contributed by atoms with van der Waals surface area (Å²) < 4.78 is 18.7. The number of nitrogens with zero attached hydrogens (tertiary/aromatic N) is 13. The number of aliphatic imine (C=N–C) groups is 1. The SMILES string of the molecule is COC1=C(C)C=NC(Cn2cc(-c3cn(CCOCC(=O)N4CCC(n5c(=O)n(C)c6cnc7ccc(-c8ccc(C)nc8)nc7c65)CC4)nn3)c3c(Cl)nc(N)nc32)C1(C)C. The number of dihydropyridines is 1. The molecule has 0 spiro atoms. The summed E-state index contributed by atoms with van der Waals surface area (Å²) in [6.07, 6.45) is 10.3. The molecule has 2 N–H and O–H groups in total. The van der Waals surface area contributed by atoms with E-state index in [2.05, 4.69) is 44.1 Å². The number of aromatic nitrogens is 11. The molecule has 19 heteroatoms. The molecule has 2 aliphatic heterocycles. The summed E-state index contributed by atoms with van der Waals surface area (Å²) >= 11 is 6.68. The van der Waals surface area contributed by atoms with Crippen LogP contribution in [-0.2, 0) is 34.4 Å². The first-order valence-corrected chi connectivity index (χ1v) is 20.9. The second-order valence-electron chi connectivity index (χ2n) is 16.5. The lowest BCUT2D eigenvalue weighted by Gasteiger charge is -2.36. The van der Waals surface area contributed by atoms with Gasteiger partial charge >= 0.3 is 5.69 Å². The summed E-state index contributed by atoms with van der Waals surface area (Å²) in [5, 5.41) is 9.58. The maximum Gasteiger partial charge on any atom is 0.329 e. The molecule has 62 heavy (non-hydrogen) atoms. The molecule has 1 atom stereocenters. The molecule has 2 aliphatic rings. The third-order valence-electron chi connectivity index (χ3n) is 12.1. The standard InChI is InChI=1S/C43H47ClN14O4/c1-24-17-48-33(43(3,4)38(24)61-6)22-56-20-28(35-39(44)50-41(45)51-40(35)56)31-21-57(53-52-31)15-16-62-23-34(59)55-13-11-27(12-14-55)58-37-32(54(5)42(58)60)19-47-30-10-9-29(49-36(30)37)26-8-7-25(2)46-18-26/h7-10,17-21,27,33H,11-16,22-23H2,1-6H3,(H2,45,50,51). The molecule has 0 saturated carbocycles. The van der Waals surface area contributed by atoms with E-state index in [-0.39, 0.29) is 53.4 Å². The zero-order chi connectivity index (χ0) is 43.4. The van der Waals surface area contributed by atoms with Crippen LogP contribution in [0.4, 0.5) is 5.95 Å². The number of aryl methyl sites for hydroxylation is 2. The van der Waals surface area contributed by atoms with E-state index in [4.69, 9.17) is 36.8 Å². The molecule has 1 fully saturated rings. The minimum Gasteiger partial charge on any atom is -0.500 e. The van der Waals surface area contributed by atoms with Crippen molar-refractivity contribution >= 4 is 62.8 Å². The average Bonchev–Trinajstić information content (AvgIpc) is 3.95. The van der Waals surface area contributed by atoms with Crippen molar-refractivity contribution in [1.29, 1.82) is 0 Å². The topological polar surface area (TPSA) is 204 Å². The second kappa shape index (κ2) is 16.1. The van der Waals surface area contributed by atoms with E-state index in [0.29, 0.717) is 77.9 Å². The lowest BCUT2D eigenvalue weighted by molar-refractivity contribution is -0.137. The van der Waals surface area contributed by atoms with Crippen LogP contribution in [0.5, 0.6) is 0 Å². The lowest BCUT2D eigenvalue weighted by atomic mass is 9.79. The van der Waals surface area contributed by atoms with Crippen molar-refractivity contribution < 1.29 is 14.3 Å². The predicted octanol–water partition coefficient (Wildman–Crippen LogP) is 5.17. The molecular formula is C43H47ClN14O4. The van der Waals surface area contributed by atoms with Crippen LogP contribution in [0.3, 0.4) is 0 Å². The molecule has 9 rings (SSSR count). The van der Waals surface area contributed by atoms with Crippen LogP contribution in [0.2, 0.25) is 5.15 Å². The van der Waals surface area contributed by atoms with Gasteiger partial charge in [-0.05, 0) is 51.0 Å². The first-order chi connectivity index (χ1) is 29.8. The van der Waals surface area contributed by atoms with Crippen molar-refractivity contribution in [2.45, 2.75) is 65.7 Å².